The summed E-state index contributed by atoms with van der Waals surface area (Å²) < 4.78 is 7.12. The molecule has 0 aliphatic heterocycles. The molecule has 0 aliphatic rings. The van der Waals surface area contributed by atoms with E-state index in [4.69, 9.17) is 10.5 Å². The van der Waals surface area contributed by atoms with Gasteiger partial charge in [-0.25, -0.2) is 4.79 Å². The van der Waals surface area contributed by atoms with Crippen LogP contribution < -0.4 is 16.2 Å². The van der Waals surface area contributed by atoms with E-state index < -0.39 is 5.69 Å². The van der Waals surface area contributed by atoms with Crippen molar-refractivity contribution in [2.75, 3.05) is 12.8 Å². The van der Waals surface area contributed by atoms with Crippen LogP contribution >= 0.6 is 15.9 Å². The van der Waals surface area contributed by atoms with Crippen LogP contribution in [0.2, 0.25) is 0 Å². The minimum atomic E-state index is -0.449. The number of rotatable bonds is 2. The predicted molar refractivity (Wildman–Crippen MR) is 68.5 cm³/mol. The molecule has 5 nitrogen and oxygen atoms in total. The van der Waals surface area contributed by atoms with Crippen LogP contribution in [0.3, 0.4) is 0 Å². The molecule has 0 saturated heterocycles. The smallest absolute Gasteiger partial charge is 0.354 e. The maximum atomic E-state index is 11.8. The van der Waals surface area contributed by atoms with E-state index in [-0.39, 0.29) is 5.82 Å². The highest BCUT2D eigenvalue weighted by molar-refractivity contribution is 9.10. The summed E-state index contributed by atoms with van der Waals surface area (Å²) in [5, 5.41) is 0. The maximum Gasteiger partial charge on any atom is 0.354 e. The molecule has 0 fully saturated rings. The highest BCUT2D eigenvalue weighted by atomic mass is 79.9. The highest BCUT2D eigenvalue weighted by Gasteiger charge is 2.09. The lowest BCUT2D eigenvalue weighted by Gasteiger charge is -2.10. The lowest BCUT2D eigenvalue weighted by molar-refractivity contribution is 0.412. The Morgan fingerprint density at radius 2 is 2.12 bits per heavy atom. The Labute approximate surface area is 106 Å². The topological polar surface area (TPSA) is 70.1 Å². The Balaban J connectivity index is 2.69. The van der Waals surface area contributed by atoms with E-state index >= 15 is 0 Å². The number of benzene rings is 1. The SMILES string of the molecule is COc1ccccc1-n1cc(Br)c(N)nc1=O. The van der Waals surface area contributed by atoms with Crippen molar-refractivity contribution in [3.05, 3.63) is 45.4 Å². The van der Waals surface area contributed by atoms with E-state index in [0.717, 1.165) is 0 Å². The monoisotopic (exact) mass is 295 g/mol. The summed E-state index contributed by atoms with van der Waals surface area (Å²) in [6.45, 7) is 0. The van der Waals surface area contributed by atoms with E-state index in [2.05, 4.69) is 20.9 Å². The lowest BCUT2D eigenvalue weighted by atomic mass is 10.3. The van der Waals surface area contributed by atoms with Crippen molar-refractivity contribution in [2.24, 2.45) is 0 Å². The van der Waals surface area contributed by atoms with Crippen molar-refractivity contribution >= 4 is 21.7 Å². The van der Waals surface area contributed by atoms with Gasteiger partial charge in [-0.05, 0) is 28.1 Å². The molecule has 1 aromatic heterocycles. The van der Waals surface area contributed by atoms with Crippen LogP contribution in [-0.4, -0.2) is 16.7 Å². The lowest BCUT2D eigenvalue weighted by Crippen LogP contribution is -2.22. The summed E-state index contributed by atoms with van der Waals surface area (Å²) in [6, 6.07) is 7.18. The first-order valence-corrected chi connectivity index (χ1v) is 5.61. The molecule has 2 aromatic rings. The molecule has 0 aliphatic carbocycles. The molecule has 1 aromatic carbocycles. The Hall–Kier alpha value is -1.82. The molecule has 88 valence electrons. The van der Waals surface area contributed by atoms with Crippen LogP contribution in [0.25, 0.3) is 5.69 Å². The third-order valence-corrected chi connectivity index (χ3v) is 2.87. The van der Waals surface area contributed by atoms with Crippen LogP contribution in [0.15, 0.2) is 39.7 Å². The summed E-state index contributed by atoms with van der Waals surface area (Å²) in [5.41, 5.74) is 5.71. The van der Waals surface area contributed by atoms with Crippen molar-refractivity contribution in [1.29, 1.82) is 0 Å². The number of nitrogens with two attached hydrogens (primary N) is 1. The largest absolute Gasteiger partial charge is 0.495 e. The minimum Gasteiger partial charge on any atom is -0.495 e. The molecule has 6 heteroatoms. The van der Waals surface area contributed by atoms with Crippen LogP contribution in [0.5, 0.6) is 5.75 Å². The Bertz CT molecular complexity index is 610. The zero-order valence-electron chi connectivity index (χ0n) is 9.05. The minimum absolute atomic E-state index is 0.168. The first-order valence-electron chi connectivity index (χ1n) is 4.81. The van der Waals surface area contributed by atoms with E-state index in [1.54, 1.807) is 25.4 Å². The second-order valence-electron chi connectivity index (χ2n) is 3.30. The van der Waals surface area contributed by atoms with Gasteiger partial charge < -0.3 is 10.5 Å². The zero-order chi connectivity index (χ0) is 12.4. The third-order valence-electron chi connectivity index (χ3n) is 2.25. The van der Waals surface area contributed by atoms with Crippen LogP contribution in [0.4, 0.5) is 5.82 Å². The van der Waals surface area contributed by atoms with Crippen molar-refractivity contribution in [1.82, 2.24) is 9.55 Å². The predicted octanol–water partition coefficient (Wildman–Crippen LogP) is 1.59. The summed E-state index contributed by atoms with van der Waals surface area (Å²) in [4.78, 5) is 15.5. The number of hydrogen-bond acceptors (Lipinski definition) is 4. The normalized spacial score (nSPS) is 10.2. The Morgan fingerprint density at radius 1 is 1.41 bits per heavy atom. The van der Waals surface area contributed by atoms with E-state index in [0.29, 0.717) is 15.9 Å². The number of nitrogen functional groups attached to an aromatic ring is 1. The molecule has 2 rings (SSSR count). The second-order valence-corrected chi connectivity index (χ2v) is 4.15. The zero-order valence-corrected chi connectivity index (χ0v) is 10.6. The molecule has 0 radical (unpaired) electrons. The van der Waals surface area contributed by atoms with E-state index in [1.807, 2.05) is 12.1 Å². The van der Waals surface area contributed by atoms with Gasteiger partial charge in [0.05, 0.1) is 17.3 Å². The molecule has 0 spiro atoms. The van der Waals surface area contributed by atoms with E-state index in [9.17, 15) is 4.79 Å². The average molecular weight is 296 g/mol. The Kier molecular flexibility index (Phi) is 3.14. The van der Waals surface area contributed by atoms with Gasteiger partial charge in [-0.15, -0.1) is 0 Å². The molecule has 0 saturated carbocycles. The van der Waals surface area contributed by atoms with Gasteiger partial charge in [0.2, 0.25) is 0 Å². The Morgan fingerprint density at radius 3 is 2.82 bits per heavy atom. The second kappa shape index (κ2) is 4.58. The number of aromatic nitrogens is 2. The standard InChI is InChI=1S/C11H10BrN3O2/c1-17-9-5-3-2-4-8(9)15-6-7(12)10(13)14-11(15)16/h2-6H,1H3,(H2,13,14,16). The first kappa shape index (κ1) is 11.7. The van der Waals surface area contributed by atoms with Crippen LogP contribution in [0, 0.1) is 0 Å². The molecule has 0 amide bonds. The highest BCUT2D eigenvalue weighted by Crippen LogP contribution is 2.22. The maximum absolute atomic E-state index is 11.8. The number of anilines is 1. The van der Waals surface area contributed by atoms with Crippen LogP contribution in [0.1, 0.15) is 0 Å². The van der Waals surface area contributed by atoms with Gasteiger partial charge in [0.25, 0.3) is 0 Å². The van der Waals surface area contributed by atoms with Crippen LogP contribution in [-0.2, 0) is 0 Å². The molecule has 17 heavy (non-hydrogen) atoms. The number of methoxy groups -OCH3 is 1. The molecule has 0 atom stereocenters. The number of hydrogen-bond donors (Lipinski definition) is 1. The van der Waals surface area contributed by atoms with Gasteiger partial charge in [0.15, 0.2) is 0 Å². The number of para-hydroxylation sites is 2. The first-order chi connectivity index (χ1) is 8.13. The fourth-order valence-corrected chi connectivity index (χ4v) is 1.74. The fourth-order valence-electron chi connectivity index (χ4n) is 1.45. The number of ether oxygens (including phenoxy) is 1. The summed E-state index contributed by atoms with van der Waals surface area (Å²) in [7, 11) is 1.55. The van der Waals surface area contributed by atoms with Crippen molar-refractivity contribution < 1.29 is 4.74 Å². The van der Waals surface area contributed by atoms with Crippen molar-refractivity contribution in [3.8, 4) is 11.4 Å². The van der Waals surface area contributed by atoms with Gasteiger partial charge in [-0.1, -0.05) is 12.1 Å². The van der Waals surface area contributed by atoms with Gasteiger partial charge in [0, 0.05) is 6.20 Å². The van der Waals surface area contributed by atoms with Crippen molar-refractivity contribution in [2.45, 2.75) is 0 Å². The summed E-state index contributed by atoms with van der Waals surface area (Å²) >= 11 is 3.24. The molecule has 0 unspecified atom stereocenters. The van der Waals surface area contributed by atoms with Gasteiger partial charge in [-0.2, -0.15) is 4.98 Å². The molecular weight excluding hydrogens is 286 g/mol. The van der Waals surface area contributed by atoms with Gasteiger partial charge in [0.1, 0.15) is 11.6 Å². The van der Waals surface area contributed by atoms with Crippen molar-refractivity contribution in [3.63, 3.8) is 0 Å². The molecule has 2 N–H and O–H groups in total. The molecular formula is C11H10BrN3O2. The average Bonchev–Trinajstić information content (AvgIpc) is 2.34. The quantitative estimate of drug-likeness (QED) is 0.913. The summed E-state index contributed by atoms with van der Waals surface area (Å²) in [6.07, 6.45) is 1.57. The fraction of sp³-hybridized carbons (Fsp3) is 0.0909. The molecule has 1 heterocycles. The van der Waals surface area contributed by atoms with Gasteiger partial charge in [-0.3, -0.25) is 4.57 Å². The van der Waals surface area contributed by atoms with Gasteiger partial charge >= 0.3 is 5.69 Å². The summed E-state index contributed by atoms with van der Waals surface area (Å²) in [5.74, 6) is 0.759. The van der Waals surface area contributed by atoms with E-state index in [1.165, 1.54) is 4.57 Å². The third kappa shape index (κ3) is 2.16. The number of halogens is 1. The molecule has 0 bridgehead atoms. The number of nitrogens with zero attached hydrogens (tertiary/aromatic N) is 2.